The third-order valence-electron chi connectivity index (χ3n) is 5.16. The molecule has 0 saturated carbocycles. The van der Waals surface area contributed by atoms with Gasteiger partial charge in [0.2, 0.25) is 5.91 Å². The van der Waals surface area contributed by atoms with Gasteiger partial charge in [0.25, 0.3) is 0 Å². The number of piperidine rings is 1. The summed E-state index contributed by atoms with van der Waals surface area (Å²) in [5.41, 5.74) is -2.02. The van der Waals surface area contributed by atoms with Crippen molar-refractivity contribution in [2.45, 2.75) is 63.8 Å². The fourth-order valence-electron chi connectivity index (χ4n) is 3.91. The maximum absolute atomic E-state index is 14.4. The van der Waals surface area contributed by atoms with Crippen LogP contribution in [0.2, 0.25) is 0 Å². The molecular formula is C19H22F6N2O3. The Morgan fingerprint density at radius 3 is 2.17 bits per heavy atom. The third-order valence-corrected chi connectivity index (χ3v) is 5.16. The molecule has 1 saturated heterocycles. The number of carbonyl (C=O) groups excluding carboxylic acids is 1. The predicted octanol–water partition coefficient (Wildman–Crippen LogP) is 4.52. The van der Waals surface area contributed by atoms with Crippen molar-refractivity contribution in [3.05, 3.63) is 35.1 Å². The van der Waals surface area contributed by atoms with Crippen molar-refractivity contribution in [2.24, 2.45) is 0 Å². The Bertz CT molecular complexity index is 837. The van der Waals surface area contributed by atoms with Gasteiger partial charge >= 0.3 is 12.3 Å². The second kappa shape index (κ2) is 7.99. The number of halogens is 6. The van der Waals surface area contributed by atoms with Crippen molar-refractivity contribution in [1.29, 1.82) is 0 Å². The summed E-state index contributed by atoms with van der Waals surface area (Å²) in [6.07, 6.45) is -6.93. The number of amides is 2. The van der Waals surface area contributed by atoms with Crippen LogP contribution in [0.3, 0.4) is 0 Å². The highest BCUT2D eigenvalue weighted by atomic mass is 19.4. The fourth-order valence-corrected chi connectivity index (χ4v) is 3.91. The molecule has 0 aromatic heterocycles. The lowest BCUT2D eigenvalue weighted by atomic mass is 9.80. The Morgan fingerprint density at radius 1 is 1.17 bits per heavy atom. The molecule has 11 heteroatoms. The Hall–Kier alpha value is -2.46. The molecule has 1 N–H and O–H groups in total. The number of alkyl halides is 3. The minimum absolute atomic E-state index is 0.351. The highest BCUT2D eigenvalue weighted by molar-refractivity contribution is 5.87. The molecule has 168 valence electrons. The Labute approximate surface area is 169 Å². The molecular weight excluding hydrogens is 418 g/mol. The fraction of sp³-hybridized carbons (Fsp3) is 0.579. The maximum atomic E-state index is 14.4. The molecule has 1 heterocycles. The molecule has 0 radical (unpaired) electrons. The van der Waals surface area contributed by atoms with Gasteiger partial charge in [-0.15, -0.1) is 0 Å². The normalized spacial score (nSPS) is 22.9. The van der Waals surface area contributed by atoms with E-state index in [0.29, 0.717) is 21.9 Å². The molecule has 1 fully saturated rings. The summed E-state index contributed by atoms with van der Waals surface area (Å²) < 4.78 is 82.0. The predicted molar refractivity (Wildman–Crippen MR) is 94.3 cm³/mol. The van der Waals surface area contributed by atoms with Crippen LogP contribution < -0.4 is 0 Å². The van der Waals surface area contributed by atoms with E-state index >= 15 is 0 Å². The molecule has 1 aromatic carbocycles. The molecule has 2 rings (SSSR count). The van der Waals surface area contributed by atoms with E-state index in [1.165, 1.54) is 20.8 Å². The number of carboxylic acid groups (broad SMARTS) is 1. The van der Waals surface area contributed by atoms with Crippen LogP contribution in [0, 0.1) is 17.5 Å². The molecule has 1 aliphatic heterocycles. The number of hydrogen-bond donors (Lipinski definition) is 1. The molecule has 0 aliphatic carbocycles. The summed E-state index contributed by atoms with van der Waals surface area (Å²) >= 11 is 0. The van der Waals surface area contributed by atoms with Gasteiger partial charge in [-0.1, -0.05) is 0 Å². The zero-order valence-electron chi connectivity index (χ0n) is 16.7. The topological polar surface area (TPSA) is 60.9 Å². The summed E-state index contributed by atoms with van der Waals surface area (Å²) in [5.74, 6) is -6.71. The van der Waals surface area contributed by atoms with Crippen LogP contribution in [0.4, 0.5) is 31.1 Å². The smallest absolute Gasteiger partial charge is 0.408 e. The van der Waals surface area contributed by atoms with Crippen LogP contribution in [0.5, 0.6) is 0 Å². The van der Waals surface area contributed by atoms with E-state index in [1.807, 2.05) is 0 Å². The van der Waals surface area contributed by atoms with E-state index in [-0.39, 0.29) is 0 Å². The van der Waals surface area contributed by atoms with Crippen LogP contribution >= 0.6 is 0 Å². The molecule has 2 amide bonds. The molecule has 5 nitrogen and oxygen atoms in total. The largest absolute Gasteiger partial charge is 0.465 e. The van der Waals surface area contributed by atoms with Crippen molar-refractivity contribution in [3.63, 3.8) is 0 Å². The average molecular weight is 440 g/mol. The van der Waals surface area contributed by atoms with E-state index in [1.54, 1.807) is 0 Å². The number of rotatable bonds is 3. The molecule has 30 heavy (non-hydrogen) atoms. The van der Waals surface area contributed by atoms with Crippen molar-refractivity contribution < 1.29 is 41.0 Å². The Kier molecular flexibility index (Phi) is 6.34. The maximum Gasteiger partial charge on any atom is 0.408 e. The number of benzene rings is 1. The van der Waals surface area contributed by atoms with Crippen molar-refractivity contribution in [2.75, 3.05) is 6.54 Å². The van der Waals surface area contributed by atoms with Crippen molar-refractivity contribution in [3.8, 4) is 0 Å². The number of hydrogen-bond acceptors (Lipinski definition) is 2. The summed E-state index contributed by atoms with van der Waals surface area (Å²) in [7, 11) is 0. The van der Waals surface area contributed by atoms with E-state index in [4.69, 9.17) is 0 Å². The van der Waals surface area contributed by atoms with Crippen molar-refractivity contribution >= 4 is 12.0 Å². The van der Waals surface area contributed by atoms with E-state index in [0.717, 1.165) is 6.92 Å². The minimum Gasteiger partial charge on any atom is -0.465 e. The van der Waals surface area contributed by atoms with Gasteiger partial charge in [-0.3, -0.25) is 9.69 Å². The molecule has 0 bridgehead atoms. The number of carbonyl (C=O) groups is 2. The molecule has 3 atom stereocenters. The van der Waals surface area contributed by atoms with Gasteiger partial charge in [0.15, 0.2) is 11.6 Å². The monoisotopic (exact) mass is 440 g/mol. The summed E-state index contributed by atoms with van der Waals surface area (Å²) in [6.45, 7) is 3.71. The van der Waals surface area contributed by atoms with Gasteiger partial charge in [0.1, 0.15) is 18.4 Å². The summed E-state index contributed by atoms with van der Waals surface area (Å²) in [4.78, 5) is 25.7. The Balaban J connectivity index is 2.65. The van der Waals surface area contributed by atoms with Crippen LogP contribution in [0.25, 0.3) is 0 Å². The second-order valence-corrected chi connectivity index (χ2v) is 8.26. The van der Waals surface area contributed by atoms with E-state index in [2.05, 4.69) is 0 Å². The van der Waals surface area contributed by atoms with Gasteiger partial charge in [-0.2, -0.15) is 13.2 Å². The van der Waals surface area contributed by atoms with Crippen LogP contribution in [0.15, 0.2) is 12.1 Å². The highest BCUT2D eigenvalue weighted by Gasteiger charge is 2.50. The van der Waals surface area contributed by atoms with E-state index < -0.39 is 77.7 Å². The lowest BCUT2D eigenvalue weighted by Gasteiger charge is -2.48. The summed E-state index contributed by atoms with van der Waals surface area (Å²) in [5, 5.41) is 9.60. The standard InChI is InChI=1S/C19H22F6N2O3/c1-9-10(14-11(20)5-6-12(21)15(14)22)7-13(27(17(29)30)18(2,3)4)16(28)26(9)8-19(23,24)25/h5-6,9-10,13H,7-8H2,1-4H3,(H,29,30)/t9-,10-,13+/m1/s1. The second-order valence-electron chi connectivity index (χ2n) is 8.26. The van der Waals surface area contributed by atoms with Crippen LogP contribution in [0.1, 0.15) is 45.6 Å². The first kappa shape index (κ1) is 23.8. The first-order chi connectivity index (χ1) is 13.6. The van der Waals surface area contributed by atoms with Gasteiger partial charge in [-0.05, 0) is 46.2 Å². The first-order valence-electron chi connectivity index (χ1n) is 9.09. The molecule has 0 spiro atoms. The van der Waals surface area contributed by atoms with Gasteiger partial charge < -0.3 is 10.0 Å². The zero-order chi connectivity index (χ0) is 23.2. The minimum atomic E-state index is -4.84. The lowest BCUT2D eigenvalue weighted by molar-refractivity contribution is -0.174. The Morgan fingerprint density at radius 2 is 1.70 bits per heavy atom. The highest BCUT2D eigenvalue weighted by Crippen LogP contribution is 2.40. The average Bonchev–Trinajstić information content (AvgIpc) is 2.56. The summed E-state index contributed by atoms with van der Waals surface area (Å²) in [6, 6.07) is -1.83. The molecule has 0 unspecified atom stereocenters. The molecule has 1 aliphatic rings. The van der Waals surface area contributed by atoms with Crippen LogP contribution in [-0.4, -0.2) is 57.3 Å². The van der Waals surface area contributed by atoms with Gasteiger partial charge in [0, 0.05) is 23.1 Å². The first-order valence-corrected chi connectivity index (χ1v) is 9.09. The molecule has 1 aromatic rings. The quantitative estimate of drug-likeness (QED) is 0.556. The third kappa shape index (κ3) is 4.65. The lowest BCUT2D eigenvalue weighted by Crippen LogP contribution is -2.64. The number of nitrogens with zero attached hydrogens (tertiary/aromatic N) is 2. The zero-order valence-corrected chi connectivity index (χ0v) is 16.7. The number of likely N-dealkylation sites (tertiary alicyclic amines) is 1. The van der Waals surface area contributed by atoms with Gasteiger partial charge in [0.05, 0.1) is 0 Å². The van der Waals surface area contributed by atoms with Crippen molar-refractivity contribution in [1.82, 2.24) is 9.80 Å². The SMILES string of the molecule is C[C@@H]1[C@H](c2c(F)ccc(F)c2F)C[C@H](N(C(=O)O)C(C)(C)C)C(=O)N1CC(F)(F)F. The van der Waals surface area contributed by atoms with Crippen LogP contribution in [-0.2, 0) is 4.79 Å². The van der Waals surface area contributed by atoms with E-state index in [9.17, 15) is 41.0 Å². The van der Waals surface area contributed by atoms with Gasteiger partial charge in [-0.25, -0.2) is 18.0 Å².